The van der Waals surface area contributed by atoms with Crippen molar-refractivity contribution < 1.29 is 37.3 Å². The van der Waals surface area contributed by atoms with Crippen molar-refractivity contribution in [3.8, 4) is 0 Å². The molecule has 9 heteroatoms. The molecule has 0 amide bonds. The number of unbranched alkanes of at least 4 members (excludes halogenated alkanes) is 25. The summed E-state index contributed by atoms with van der Waals surface area (Å²) in [7, 11) is 1.31. The Balaban J connectivity index is 4.14. The van der Waals surface area contributed by atoms with Gasteiger partial charge in [0.15, 0.2) is 0 Å². The molecule has 0 aliphatic heterocycles. The number of carbonyl (C=O) groups is 1. The third kappa shape index (κ3) is 54.7. The fourth-order valence-electron chi connectivity index (χ4n) is 7.57. The van der Waals surface area contributed by atoms with Gasteiger partial charge in [0.1, 0.15) is 19.3 Å². The Morgan fingerprint density at radius 2 is 0.836 bits per heavy atom. The molecule has 0 spiro atoms. The zero-order valence-corrected chi connectivity index (χ0v) is 45.2. The van der Waals surface area contributed by atoms with Gasteiger partial charge in [-0.3, -0.25) is 9.36 Å². The fraction of sp³-hybridized carbons (Fsp3) is 0.776. The predicted octanol–water partition coefficient (Wildman–Crippen LogP) is 16.8. The number of ether oxygens (including phenoxy) is 2. The summed E-state index contributed by atoms with van der Waals surface area (Å²) < 4.78 is 34.7. The molecule has 0 aromatic carbocycles. The zero-order valence-electron chi connectivity index (χ0n) is 44.3. The normalized spacial score (nSPS) is 14.1. The van der Waals surface area contributed by atoms with E-state index in [-0.39, 0.29) is 26.2 Å². The number of phosphoric acid groups is 1. The molecule has 0 aliphatic rings. The van der Waals surface area contributed by atoms with E-state index in [0.29, 0.717) is 24.1 Å². The molecule has 0 bridgehead atoms. The zero-order chi connectivity index (χ0) is 49.0. The second-order valence-electron chi connectivity index (χ2n) is 19.6. The van der Waals surface area contributed by atoms with Crippen LogP contribution in [0.15, 0.2) is 72.9 Å². The number of allylic oxidation sites excluding steroid dienone is 12. The Bertz CT molecular complexity index is 1300. The van der Waals surface area contributed by atoms with Gasteiger partial charge in [0.05, 0.1) is 34.4 Å². The SMILES string of the molecule is CC/C=C\C/C=C\C/C=C\C/C=C\C/C=C\C/C=C\CCC(=O)OC(COCCCCCCCCCCCCCCCCCCCCCCCCCCCC)COP(=O)([O-])OCC[N+](C)(C)C. The number of quaternary nitrogens is 1. The monoisotopic (exact) mass is 960 g/mol. The third-order valence-electron chi connectivity index (χ3n) is 11.8. The van der Waals surface area contributed by atoms with Crippen molar-refractivity contribution in [2.45, 2.75) is 238 Å². The molecule has 67 heavy (non-hydrogen) atoms. The molecule has 0 aromatic heterocycles. The molecule has 0 N–H and O–H groups in total. The topological polar surface area (TPSA) is 94.1 Å². The van der Waals surface area contributed by atoms with E-state index in [1.165, 1.54) is 154 Å². The lowest BCUT2D eigenvalue weighted by molar-refractivity contribution is -0.870. The van der Waals surface area contributed by atoms with Gasteiger partial charge in [0.2, 0.25) is 0 Å². The van der Waals surface area contributed by atoms with Crippen molar-refractivity contribution >= 4 is 13.8 Å². The Kier molecular flexibility index (Phi) is 48.8. The van der Waals surface area contributed by atoms with Gasteiger partial charge in [0, 0.05) is 13.0 Å². The summed E-state index contributed by atoms with van der Waals surface area (Å²) in [5, 5.41) is 0. The van der Waals surface area contributed by atoms with Gasteiger partial charge in [-0.1, -0.05) is 247 Å². The van der Waals surface area contributed by atoms with Crippen LogP contribution in [0, 0.1) is 0 Å². The first-order valence-electron chi connectivity index (χ1n) is 27.7. The molecule has 0 aliphatic carbocycles. The molecule has 0 saturated heterocycles. The maximum atomic E-state index is 12.7. The molecule has 0 rings (SSSR count). The average molecular weight is 960 g/mol. The van der Waals surface area contributed by atoms with Crippen molar-refractivity contribution in [1.29, 1.82) is 0 Å². The Hall–Kier alpha value is -2.06. The van der Waals surface area contributed by atoms with Crippen LogP contribution in [0.3, 0.4) is 0 Å². The van der Waals surface area contributed by atoms with Crippen molar-refractivity contribution in [2.24, 2.45) is 0 Å². The number of likely N-dealkylation sites (N-methyl/N-ethyl adjacent to an activating group) is 1. The number of nitrogens with zero attached hydrogens (tertiary/aromatic N) is 1. The van der Waals surface area contributed by atoms with Gasteiger partial charge in [-0.2, -0.15) is 0 Å². The van der Waals surface area contributed by atoms with Crippen LogP contribution < -0.4 is 4.89 Å². The largest absolute Gasteiger partial charge is 0.756 e. The molecule has 2 atom stereocenters. The molecule has 8 nitrogen and oxygen atoms in total. The lowest BCUT2D eigenvalue weighted by atomic mass is 10.0. The molecular weight excluding hydrogens is 854 g/mol. The minimum absolute atomic E-state index is 0.0107. The van der Waals surface area contributed by atoms with Crippen LogP contribution in [0.25, 0.3) is 0 Å². The minimum Gasteiger partial charge on any atom is -0.756 e. The second-order valence-corrected chi connectivity index (χ2v) is 21.0. The van der Waals surface area contributed by atoms with E-state index in [0.717, 1.165) is 51.4 Å². The Morgan fingerprint density at radius 3 is 1.21 bits per heavy atom. The van der Waals surface area contributed by atoms with Gasteiger partial charge in [-0.15, -0.1) is 0 Å². The first kappa shape index (κ1) is 64.9. The number of carbonyl (C=O) groups excluding carboxylic acids is 1. The molecule has 0 saturated carbocycles. The fourth-order valence-corrected chi connectivity index (χ4v) is 8.30. The van der Waals surface area contributed by atoms with E-state index in [1.807, 2.05) is 33.3 Å². The average Bonchev–Trinajstić information content (AvgIpc) is 3.29. The van der Waals surface area contributed by atoms with Gasteiger partial charge in [-0.25, -0.2) is 0 Å². The van der Waals surface area contributed by atoms with Gasteiger partial charge in [0.25, 0.3) is 7.82 Å². The smallest absolute Gasteiger partial charge is 0.306 e. The van der Waals surface area contributed by atoms with E-state index < -0.39 is 19.9 Å². The highest BCUT2D eigenvalue weighted by Gasteiger charge is 2.20. The van der Waals surface area contributed by atoms with Crippen LogP contribution in [-0.4, -0.2) is 70.7 Å². The van der Waals surface area contributed by atoms with E-state index >= 15 is 0 Å². The molecule has 0 heterocycles. The predicted molar refractivity (Wildman–Crippen MR) is 286 cm³/mol. The van der Waals surface area contributed by atoms with Crippen molar-refractivity contribution in [3.05, 3.63) is 72.9 Å². The summed E-state index contributed by atoms with van der Waals surface area (Å²) in [6.07, 6.45) is 66.8. The summed E-state index contributed by atoms with van der Waals surface area (Å²) in [4.78, 5) is 25.2. The van der Waals surface area contributed by atoms with Crippen LogP contribution in [0.5, 0.6) is 0 Å². The minimum atomic E-state index is -4.56. The summed E-state index contributed by atoms with van der Waals surface area (Å²) >= 11 is 0. The molecule has 390 valence electrons. The third-order valence-corrected chi connectivity index (χ3v) is 12.7. The summed E-state index contributed by atoms with van der Waals surface area (Å²) in [5.41, 5.74) is 0. The number of phosphoric ester groups is 1. The molecular formula is C58H106NO7P. The van der Waals surface area contributed by atoms with Gasteiger partial charge < -0.3 is 27.9 Å². The summed E-state index contributed by atoms with van der Waals surface area (Å²) in [5.74, 6) is -0.413. The van der Waals surface area contributed by atoms with Crippen molar-refractivity contribution in [2.75, 3.05) is 54.1 Å². The van der Waals surface area contributed by atoms with Gasteiger partial charge in [-0.05, 0) is 51.4 Å². The Morgan fingerprint density at radius 1 is 0.478 bits per heavy atom. The highest BCUT2D eigenvalue weighted by molar-refractivity contribution is 7.45. The summed E-state index contributed by atoms with van der Waals surface area (Å²) in [6.45, 7) is 5.22. The number of esters is 1. The molecule has 0 aromatic rings. The number of rotatable bonds is 51. The van der Waals surface area contributed by atoms with E-state index in [1.54, 1.807) is 0 Å². The maximum absolute atomic E-state index is 12.7. The summed E-state index contributed by atoms with van der Waals surface area (Å²) in [6, 6.07) is 0. The number of hydrogen-bond donors (Lipinski definition) is 0. The van der Waals surface area contributed by atoms with E-state index in [9.17, 15) is 14.3 Å². The molecule has 2 unspecified atom stereocenters. The molecule has 0 radical (unpaired) electrons. The van der Waals surface area contributed by atoms with Crippen LogP contribution in [0.1, 0.15) is 232 Å². The van der Waals surface area contributed by atoms with Crippen molar-refractivity contribution in [3.63, 3.8) is 0 Å². The lowest BCUT2D eigenvalue weighted by Crippen LogP contribution is -2.37. The first-order chi connectivity index (χ1) is 32.6. The van der Waals surface area contributed by atoms with Crippen LogP contribution in [0.2, 0.25) is 0 Å². The van der Waals surface area contributed by atoms with Crippen LogP contribution in [0.4, 0.5) is 0 Å². The van der Waals surface area contributed by atoms with E-state index in [4.69, 9.17) is 18.5 Å². The van der Waals surface area contributed by atoms with Crippen LogP contribution >= 0.6 is 7.82 Å². The first-order valence-corrected chi connectivity index (χ1v) is 29.1. The lowest BCUT2D eigenvalue weighted by Gasteiger charge is -2.28. The van der Waals surface area contributed by atoms with Crippen LogP contribution in [-0.2, 0) is 27.9 Å². The Labute approximate surface area is 414 Å². The van der Waals surface area contributed by atoms with Crippen molar-refractivity contribution in [1.82, 2.24) is 0 Å². The van der Waals surface area contributed by atoms with Gasteiger partial charge >= 0.3 is 5.97 Å². The molecule has 0 fully saturated rings. The maximum Gasteiger partial charge on any atom is 0.306 e. The highest BCUT2D eigenvalue weighted by atomic mass is 31.2. The quantitative estimate of drug-likeness (QED) is 0.0197. The number of hydrogen-bond acceptors (Lipinski definition) is 7. The van der Waals surface area contributed by atoms with E-state index in [2.05, 4.69) is 74.6 Å². The highest BCUT2D eigenvalue weighted by Crippen LogP contribution is 2.38. The standard InChI is InChI=1S/C58H106NO7P/c1-6-8-10-12-14-16-18-20-22-24-26-27-28-29-30-31-32-34-36-38-40-42-44-46-48-50-53-63-55-57(56-65-67(61,62)64-54-52-59(3,4)5)66-58(60)51-49-47-45-43-41-39-37-35-33-25-23-21-19-17-15-13-11-9-7-2/h9,11,15,17,21,23,33,35,39,41,45,47,57H,6-8,10,12-14,16,18-20,22,24-32,34,36-38,40,42-44,46,48-56H2,1-5H3/b11-9-,17-15-,23-21-,35-33-,41-39-,47-45-. The second kappa shape index (κ2) is 50.3.